The zero-order chi connectivity index (χ0) is 13.7. The molecular weight excluding hydrogens is 294 g/mol. The zero-order valence-corrected chi connectivity index (χ0v) is 13.1. The van der Waals surface area contributed by atoms with Crippen molar-refractivity contribution in [3.63, 3.8) is 0 Å². The molecule has 1 aromatic rings. The maximum absolute atomic E-state index is 5.65. The van der Waals surface area contributed by atoms with Crippen LogP contribution < -0.4 is 15.2 Å². The molecule has 0 radical (unpaired) electrons. The Labute approximate surface area is 118 Å². The van der Waals surface area contributed by atoms with E-state index in [-0.39, 0.29) is 0 Å². The average molecular weight is 316 g/mol. The Morgan fingerprint density at radius 3 is 2.33 bits per heavy atom. The second-order valence-corrected chi connectivity index (χ2v) is 5.13. The van der Waals surface area contributed by atoms with Crippen molar-refractivity contribution >= 4 is 15.9 Å². The Morgan fingerprint density at radius 1 is 1.28 bits per heavy atom. The second-order valence-electron chi connectivity index (χ2n) is 4.34. The Kier molecular flexibility index (Phi) is 5.96. The van der Waals surface area contributed by atoms with Gasteiger partial charge >= 0.3 is 0 Å². The molecule has 4 heteroatoms. The normalized spacial score (nSPS) is 12.3. The minimum Gasteiger partial charge on any atom is -0.495 e. The van der Waals surface area contributed by atoms with Crippen LogP contribution in [0.5, 0.6) is 11.5 Å². The number of rotatable bonds is 6. The fourth-order valence-corrected chi connectivity index (χ4v) is 2.96. The maximum Gasteiger partial charge on any atom is 0.140 e. The van der Waals surface area contributed by atoms with Crippen molar-refractivity contribution in [2.24, 2.45) is 5.73 Å². The van der Waals surface area contributed by atoms with Gasteiger partial charge in [0.05, 0.1) is 14.2 Å². The third-order valence-electron chi connectivity index (χ3n) is 3.20. The Morgan fingerprint density at radius 2 is 1.89 bits per heavy atom. The SMILES string of the molecule is CCc1cc(C(C)CCN)c(OC)c(Br)c1OC. The lowest BCUT2D eigenvalue weighted by Gasteiger charge is -2.20. The first-order valence-corrected chi connectivity index (χ1v) is 7.03. The second kappa shape index (κ2) is 7.00. The van der Waals surface area contributed by atoms with Crippen LogP contribution in [0.4, 0.5) is 0 Å². The monoisotopic (exact) mass is 315 g/mol. The van der Waals surface area contributed by atoms with Crippen LogP contribution in [0.2, 0.25) is 0 Å². The summed E-state index contributed by atoms with van der Waals surface area (Å²) in [7, 11) is 3.37. The molecule has 0 saturated carbocycles. The molecule has 0 aliphatic carbocycles. The Bertz CT molecular complexity index is 407. The summed E-state index contributed by atoms with van der Waals surface area (Å²) in [5.74, 6) is 2.08. The summed E-state index contributed by atoms with van der Waals surface area (Å²) in [6.07, 6.45) is 1.87. The molecule has 0 aliphatic rings. The quantitative estimate of drug-likeness (QED) is 0.874. The van der Waals surface area contributed by atoms with Gasteiger partial charge in [-0.15, -0.1) is 0 Å². The number of benzene rings is 1. The van der Waals surface area contributed by atoms with Gasteiger partial charge in [-0.25, -0.2) is 0 Å². The number of hydrogen-bond acceptors (Lipinski definition) is 3. The third-order valence-corrected chi connectivity index (χ3v) is 3.92. The highest BCUT2D eigenvalue weighted by atomic mass is 79.9. The Balaban J connectivity index is 3.37. The van der Waals surface area contributed by atoms with Gasteiger partial charge < -0.3 is 15.2 Å². The van der Waals surface area contributed by atoms with Crippen LogP contribution in [0, 0.1) is 0 Å². The molecule has 0 bridgehead atoms. The van der Waals surface area contributed by atoms with E-state index in [0.29, 0.717) is 12.5 Å². The summed E-state index contributed by atoms with van der Waals surface area (Å²) < 4.78 is 11.9. The molecule has 1 rings (SSSR count). The molecule has 0 aliphatic heterocycles. The first-order valence-electron chi connectivity index (χ1n) is 6.23. The fourth-order valence-electron chi connectivity index (χ4n) is 2.15. The molecule has 0 fully saturated rings. The molecule has 0 aromatic heterocycles. The summed E-state index contributed by atoms with van der Waals surface area (Å²) in [6.45, 7) is 4.96. The highest BCUT2D eigenvalue weighted by molar-refractivity contribution is 9.10. The van der Waals surface area contributed by atoms with Crippen molar-refractivity contribution in [2.45, 2.75) is 32.6 Å². The number of halogens is 1. The van der Waals surface area contributed by atoms with E-state index in [2.05, 4.69) is 35.8 Å². The lowest BCUT2D eigenvalue weighted by Crippen LogP contribution is -2.07. The molecule has 1 atom stereocenters. The van der Waals surface area contributed by atoms with Gasteiger partial charge in [-0.2, -0.15) is 0 Å². The van der Waals surface area contributed by atoms with E-state index < -0.39 is 0 Å². The van der Waals surface area contributed by atoms with Crippen LogP contribution in [-0.4, -0.2) is 20.8 Å². The lowest BCUT2D eigenvalue weighted by atomic mass is 9.94. The first-order chi connectivity index (χ1) is 8.60. The number of ether oxygens (including phenoxy) is 2. The molecule has 1 aromatic carbocycles. The van der Waals surface area contributed by atoms with Gasteiger partial charge in [0, 0.05) is 0 Å². The van der Waals surface area contributed by atoms with Crippen LogP contribution in [0.15, 0.2) is 10.5 Å². The van der Waals surface area contributed by atoms with E-state index in [1.54, 1.807) is 14.2 Å². The van der Waals surface area contributed by atoms with Gasteiger partial charge in [-0.1, -0.05) is 13.8 Å². The maximum atomic E-state index is 5.65. The van der Waals surface area contributed by atoms with Gasteiger partial charge in [0.1, 0.15) is 16.0 Å². The van der Waals surface area contributed by atoms with E-state index in [1.807, 2.05) is 0 Å². The van der Waals surface area contributed by atoms with Gasteiger partial charge in [-0.05, 0) is 58.4 Å². The summed E-state index contributed by atoms with van der Waals surface area (Å²) >= 11 is 3.58. The molecule has 0 amide bonds. The molecule has 18 heavy (non-hydrogen) atoms. The van der Waals surface area contributed by atoms with Crippen LogP contribution >= 0.6 is 15.9 Å². The van der Waals surface area contributed by atoms with Crippen molar-refractivity contribution < 1.29 is 9.47 Å². The van der Waals surface area contributed by atoms with E-state index in [0.717, 1.165) is 28.8 Å². The molecule has 0 saturated heterocycles. The summed E-state index contributed by atoms with van der Waals surface area (Å²) in [4.78, 5) is 0. The number of hydrogen-bond donors (Lipinski definition) is 1. The van der Waals surface area contributed by atoms with E-state index in [9.17, 15) is 0 Å². The molecular formula is C14H22BrNO2. The number of nitrogens with two attached hydrogens (primary N) is 1. The molecule has 0 heterocycles. The van der Waals surface area contributed by atoms with Gasteiger partial charge in [0.2, 0.25) is 0 Å². The molecule has 102 valence electrons. The number of aryl methyl sites for hydroxylation is 1. The minimum absolute atomic E-state index is 0.373. The van der Waals surface area contributed by atoms with Crippen LogP contribution in [0.3, 0.4) is 0 Å². The standard InChI is InChI=1S/C14H22BrNO2/c1-5-10-8-11(9(2)6-7-16)14(18-4)12(15)13(10)17-3/h8-9H,5-7,16H2,1-4H3. The summed E-state index contributed by atoms with van der Waals surface area (Å²) in [5, 5.41) is 0. The predicted octanol–water partition coefficient (Wildman–Crippen LogP) is 3.48. The summed E-state index contributed by atoms with van der Waals surface area (Å²) in [5.41, 5.74) is 8.02. The minimum atomic E-state index is 0.373. The van der Waals surface area contributed by atoms with Crippen molar-refractivity contribution in [2.75, 3.05) is 20.8 Å². The van der Waals surface area contributed by atoms with Gasteiger partial charge in [-0.3, -0.25) is 0 Å². The van der Waals surface area contributed by atoms with Crippen molar-refractivity contribution in [1.82, 2.24) is 0 Å². The van der Waals surface area contributed by atoms with Crippen LogP contribution in [-0.2, 0) is 6.42 Å². The topological polar surface area (TPSA) is 44.5 Å². The van der Waals surface area contributed by atoms with E-state index in [1.165, 1.54) is 11.1 Å². The molecule has 3 nitrogen and oxygen atoms in total. The first kappa shape index (κ1) is 15.3. The average Bonchev–Trinajstić information content (AvgIpc) is 2.37. The van der Waals surface area contributed by atoms with E-state index in [4.69, 9.17) is 15.2 Å². The van der Waals surface area contributed by atoms with Crippen molar-refractivity contribution in [1.29, 1.82) is 0 Å². The third kappa shape index (κ3) is 2.98. The molecule has 0 spiro atoms. The van der Waals surface area contributed by atoms with Crippen molar-refractivity contribution in [3.8, 4) is 11.5 Å². The highest BCUT2D eigenvalue weighted by Crippen LogP contribution is 2.43. The van der Waals surface area contributed by atoms with E-state index >= 15 is 0 Å². The predicted molar refractivity (Wildman–Crippen MR) is 78.7 cm³/mol. The van der Waals surface area contributed by atoms with Crippen LogP contribution in [0.1, 0.15) is 37.3 Å². The van der Waals surface area contributed by atoms with Crippen molar-refractivity contribution in [3.05, 3.63) is 21.7 Å². The molecule has 1 unspecified atom stereocenters. The largest absolute Gasteiger partial charge is 0.495 e. The van der Waals surface area contributed by atoms with Crippen LogP contribution in [0.25, 0.3) is 0 Å². The Hall–Kier alpha value is -0.740. The van der Waals surface area contributed by atoms with Gasteiger partial charge in [0.15, 0.2) is 0 Å². The zero-order valence-electron chi connectivity index (χ0n) is 11.5. The fraction of sp³-hybridized carbons (Fsp3) is 0.571. The highest BCUT2D eigenvalue weighted by Gasteiger charge is 2.20. The van der Waals surface area contributed by atoms with Gasteiger partial charge in [0.25, 0.3) is 0 Å². The smallest absolute Gasteiger partial charge is 0.140 e. The summed E-state index contributed by atoms with van der Waals surface area (Å²) in [6, 6.07) is 2.17. The molecule has 2 N–H and O–H groups in total. The number of methoxy groups -OCH3 is 2. The lowest BCUT2D eigenvalue weighted by molar-refractivity contribution is 0.381.